The van der Waals surface area contributed by atoms with Crippen molar-refractivity contribution < 1.29 is 28.7 Å². The largest absolute Gasteiger partial charge is 0.464 e. The number of hydrogen-bond donors (Lipinski definition) is 1. The lowest BCUT2D eigenvalue weighted by Gasteiger charge is -2.35. The van der Waals surface area contributed by atoms with Gasteiger partial charge in [0.1, 0.15) is 11.6 Å². The van der Waals surface area contributed by atoms with Crippen molar-refractivity contribution in [2.75, 3.05) is 32.8 Å². The van der Waals surface area contributed by atoms with Gasteiger partial charge in [-0.1, -0.05) is 13.8 Å². The van der Waals surface area contributed by atoms with Crippen LogP contribution in [-0.2, 0) is 23.9 Å². The van der Waals surface area contributed by atoms with Crippen molar-refractivity contribution in [3.8, 4) is 12.3 Å². The molecule has 2 rings (SSSR count). The number of likely N-dealkylation sites (tertiary alicyclic amines) is 2. The molecule has 0 aromatic carbocycles. The van der Waals surface area contributed by atoms with Crippen molar-refractivity contribution in [1.29, 1.82) is 0 Å². The van der Waals surface area contributed by atoms with Crippen molar-refractivity contribution in [3.05, 3.63) is 0 Å². The number of rotatable bonds is 9. The summed E-state index contributed by atoms with van der Waals surface area (Å²) in [5, 5.41) is 2.75. The molecule has 0 aromatic heterocycles. The van der Waals surface area contributed by atoms with Crippen LogP contribution in [0.1, 0.15) is 79.6 Å². The first-order chi connectivity index (χ1) is 17.4. The van der Waals surface area contributed by atoms with Crippen LogP contribution in [0.5, 0.6) is 0 Å². The van der Waals surface area contributed by atoms with Crippen LogP contribution in [0.2, 0.25) is 0 Å². The van der Waals surface area contributed by atoms with E-state index in [-0.39, 0.29) is 42.8 Å². The van der Waals surface area contributed by atoms with Gasteiger partial charge in [-0.15, -0.1) is 12.3 Å². The molecule has 2 aliphatic heterocycles. The molecule has 0 saturated carbocycles. The molecule has 0 unspecified atom stereocenters. The summed E-state index contributed by atoms with van der Waals surface area (Å²) < 4.78 is 10.7. The Hall–Kier alpha value is -2.76. The molecule has 0 spiro atoms. The third kappa shape index (κ3) is 10.6. The number of nitrogens with one attached hydrogen (secondary N) is 1. The number of esters is 1. The highest BCUT2D eigenvalue weighted by atomic mass is 16.6. The predicted molar refractivity (Wildman–Crippen MR) is 140 cm³/mol. The number of piperidine rings is 2. The molecule has 208 valence electrons. The fourth-order valence-electron chi connectivity index (χ4n) is 4.58. The van der Waals surface area contributed by atoms with Crippen LogP contribution in [0.4, 0.5) is 4.79 Å². The van der Waals surface area contributed by atoms with Crippen molar-refractivity contribution in [2.24, 2.45) is 17.8 Å². The number of carbonyl (C=O) groups is 4. The fraction of sp³-hybridized carbons (Fsp3) is 0.786. The molecule has 0 radical (unpaired) electrons. The molecular formula is C28H45N3O6. The number of amides is 3. The molecule has 0 aliphatic carbocycles. The van der Waals surface area contributed by atoms with E-state index in [2.05, 4.69) is 11.2 Å². The van der Waals surface area contributed by atoms with Gasteiger partial charge in [-0.3, -0.25) is 9.59 Å². The van der Waals surface area contributed by atoms with Crippen LogP contribution < -0.4 is 5.32 Å². The number of nitrogens with zero attached hydrogens (tertiary/aromatic N) is 2. The summed E-state index contributed by atoms with van der Waals surface area (Å²) in [7, 11) is 0. The summed E-state index contributed by atoms with van der Waals surface area (Å²) in [5.41, 5.74) is -0.511. The zero-order valence-corrected chi connectivity index (χ0v) is 23.2. The smallest absolute Gasteiger partial charge is 0.410 e. The van der Waals surface area contributed by atoms with Crippen molar-refractivity contribution in [2.45, 2.75) is 91.2 Å². The molecule has 2 aliphatic rings. The van der Waals surface area contributed by atoms with E-state index in [9.17, 15) is 19.2 Å². The molecule has 2 atom stereocenters. The highest BCUT2D eigenvalue weighted by Crippen LogP contribution is 2.25. The number of carbonyl (C=O) groups excluding carboxylic acids is 4. The molecule has 0 bridgehead atoms. The summed E-state index contributed by atoms with van der Waals surface area (Å²) in [6.45, 7) is 11.9. The number of hydrogen-bond acceptors (Lipinski definition) is 6. The Morgan fingerprint density at radius 3 is 2.32 bits per heavy atom. The molecule has 0 aromatic rings. The second kappa shape index (κ2) is 14.3. The minimum absolute atomic E-state index is 0.0450. The first-order valence-corrected chi connectivity index (χ1v) is 13.6. The van der Waals surface area contributed by atoms with Gasteiger partial charge in [0.2, 0.25) is 11.8 Å². The number of terminal acetylenes is 1. The van der Waals surface area contributed by atoms with Crippen LogP contribution in [0.15, 0.2) is 0 Å². The van der Waals surface area contributed by atoms with Gasteiger partial charge in [0.25, 0.3) is 0 Å². The molecule has 9 heteroatoms. The first-order valence-electron chi connectivity index (χ1n) is 13.6. The second-order valence-electron chi connectivity index (χ2n) is 11.6. The van der Waals surface area contributed by atoms with Crippen molar-refractivity contribution in [3.63, 3.8) is 0 Å². The summed E-state index contributed by atoms with van der Waals surface area (Å²) in [6, 6.07) is -0.881. The minimum atomic E-state index is -0.881. The standard InChI is InChI=1S/C28H45N3O6/c1-7-9-23(26(34)36-19-20(2)3)29-25(33)22-10-8-15-31(18-22)24(32)12-11-21-13-16-30(17-14-21)27(35)37-28(4,5)6/h1,20-23H,8-19H2,2-6H3,(H,29,33)/t22-,23+/m1/s1. The summed E-state index contributed by atoms with van der Waals surface area (Å²) in [6.07, 6.45) is 9.44. The molecule has 3 amide bonds. The normalized spacial score (nSPS) is 19.6. The van der Waals surface area contributed by atoms with Crippen LogP contribution >= 0.6 is 0 Å². The average molecular weight is 520 g/mol. The first kappa shape index (κ1) is 30.5. The van der Waals surface area contributed by atoms with Gasteiger partial charge >= 0.3 is 12.1 Å². The minimum Gasteiger partial charge on any atom is -0.464 e. The van der Waals surface area contributed by atoms with Gasteiger partial charge in [0.05, 0.1) is 12.5 Å². The SMILES string of the molecule is C#CC[C@H](NC(=O)[C@@H]1CCCN(C(=O)CCC2CCN(C(=O)OC(C)(C)C)CC2)C1)C(=O)OCC(C)C. The highest BCUT2D eigenvalue weighted by Gasteiger charge is 2.32. The summed E-state index contributed by atoms with van der Waals surface area (Å²) in [4.78, 5) is 53.9. The van der Waals surface area contributed by atoms with Gasteiger partial charge in [0.15, 0.2) is 0 Å². The monoisotopic (exact) mass is 519 g/mol. The third-order valence-electron chi connectivity index (χ3n) is 6.66. The average Bonchev–Trinajstić information content (AvgIpc) is 2.84. The van der Waals surface area contributed by atoms with Crippen LogP contribution in [0.25, 0.3) is 0 Å². The lowest BCUT2D eigenvalue weighted by atomic mass is 9.91. The Balaban J connectivity index is 1.78. The Labute approximate surface area is 222 Å². The maximum Gasteiger partial charge on any atom is 0.410 e. The summed E-state index contributed by atoms with van der Waals surface area (Å²) in [5.74, 6) is 1.86. The third-order valence-corrected chi connectivity index (χ3v) is 6.66. The molecule has 1 N–H and O–H groups in total. The van der Waals surface area contributed by atoms with Crippen LogP contribution in [0, 0.1) is 30.1 Å². The van der Waals surface area contributed by atoms with Crippen LogP contribution in [-0.4, -0.2) is 78.1 Å². The van der Waals surface area contributed by atoms with Gasteiger partial charge in [-0.25, -0.2) is 9.59 Å². The quantitative estimate of drug-likeness (QED) is 0.370. The van der Waals surface area contributed by atoms with E-state index in [0.717, 1.165) is 25.7 Å². The Kier molecular flexibility index (Phi) is 11.7. The van der Waals surface area contributed by atoms with E-state index in [1.54, 1.807) is 9.80 Å². The fourth-order valence-corrected chi connectivity index (χ4v) is 4.58. The molecule has 9 nitrogen and oxygen atoms in total. The van der Waals surface area contributed by atoms with Crippen molar-refractivity contribution >= 4 is 23.9 Å². The highest BCUT2D eigenvalue weighted by molar-refractivity contribution is 5.86. The van der Waals surface area contributed by atoms with Crippen molar-refractivity contribution in [1.82, 2.24) is 15.1 Å². The van der Waals surface area contributed by atoms with E-state index < -0.39 is 17.6 Å². The second-order valence-corrected chi connectivity index (χ2v) is 11.6. The van der Waals surface area contributed by atoms with Gasteiger partial charge < -0.3 is 24.6 Å². The lowest BCUT2D eigenvalue weighted by Crippen LogP contribution is -2.49. The maximum atomic E-state index is 12.9. The Bertz CT molecular complexity index is 836. The van der Waals surface area contributed by atoms with E-state index in [4.69, 9.17) is 15.9 Å². The predicted octanol–water partition coefficient (Wildman–Crippen LogP) is 3.36. The van der Waals surface area contributed by atoms with Gasteiger partial charge in [-0.2, -0.15) is 0 Å². The zero-order chi connectivity index (χ0) is 27.6. The molecule has 2 saturated heterocycles. The number of ether oxygens (including phenoxy) is 2. The van der Waals surface area contributed by atoms with E-state index in [1.807, 2.05) is 34.6 Å². The van der Waals surface area contributed by atoms with E-state index in [0.29, 0.717) is 44.9 Å². The summed E-state index contributed by atoms with van der Waals surface area (Å²) >= 11 is 0. The molecule has 2 heterocycles. The molecule has 2 fully saturated rings. The van der Waals surface area contributed by atoms with Gasteiger partial charge in [0, 0.05) is 39.0 Å². The Morgan fingerprint density at radius 1 is 1.05 bits per heavy atom. The van der Waals surface area contributed by atoms with E-state index >= 15 is 0 Å². The topological polar surface area (TPSA) is 105 Å². The maximum absolute atomic E-state index is 12.9. The molecule has 37 heavy (non-hydrogen) atoms. The van der Waals surface area contributed by atoms with Crippen LogP contribution in [0.3, 0.4) is 0 Å². The van der Waals surface area contributed by atoms with Gasteiger partial charge in [-0.05, 0) is 64.7 Å². The zero-order valence-electron chi connectivity index (χ0n) is 23.2. The lowest BCUT2D eigenvalue weighted by molar-refractivity contribution is -0.149. The Morgan fingerprint density at radius 2 is 1.73 bits per heavy atom. The van der Waals surface area contributed by atoms with E-state index in [1.165, 1.54) is 0 Å². The molecular weight excluding hydrogens is 474 g/mol.